The lowest BCUT2D eigenvalue weighted by atomic mass is 10.2. The third kappa shape index (κ3) is 6.84. The van der Waals surface area contributed by atoms with Crippen LogP contribution in [0.4, 0.5) is 10.6 Å². The SMILES string of the molecule is C=CCOC(=O)OC[C@H]1O[C@@H](n2cnc3c(N)ncnc32)C[C@@H]1OP(=O)(OCC=C)OCCC#N. The van der Waals surface area contributed by atoms with E-state index in [2.05, 4.69) is 28.1 Å². The lowest BCUT2D eigenvalue weighted by Crippen LogP contribution is -2.30. The van der Waals surface area contributed by atoms with Crippen molar-refractivity contribution in [3.05, 3.63) is 38.0 Å². The summed E-state index contributed by atoms with van der Waals surface area (Å²) in [5, 5.41) is 8.76. The molecule has 0 radical (unpaired) electrons. The molecule has 1 fully saturated rings. The average molecular weight is 508 g/mol. The number of fused-ring (bicyclic) bond motifs is 1. The van der Waals surface area contributed by atoms with E-state index in [9.17, 15) is 9.36 Å². The second-order valence-electron chi connectivity index (χ2n) is 7.03. The number of carbonyl (C=O) groups is 1. The van der Waals surface area contributed by atoms with Gasteiger partial charge in [-0.2, -0.15) is 5.26 Å². The smallest absolute Gasteiger partial charge is 0.431 e. The molecule has 1 saturated heterocycles. The molecule has 0 aliphatic carbocycles. The maximum Gasteiger partial charge on any atom is 0.508 e. The van der Waals surface area contributed by atoms with Crippen molar-refractivity contribution < 1.29 is 37.1 Å². The number of carbonyl (C=O) groups excluding carboxylic acids is 1. The van der Waals surface area contributed by atoms with Gasteiger partial charge in [0.2, 0.25) is 0 Å². The van der Waals surface area contributed by atoms with Crippen LogP contribution >= 0.6 is 7.82 Å². The summed E-state index contributed by atoms with van der Waals surface area (Å²) in [6.45, 7) is 6.34. The van der Waals surface area contributed by atoms with Gasteiger partial charge in [0.15, 0.2) is 11.5 Å². The van der Waals surface area contributed by atoms with E-state index in [0.29, 0.717) is 11.2 Å². The first-order valence-corrected chi connectivity index (χ1v) is 11.9. The number of nitrogen functional groups attached to an aromatic ring is 1. The number of ether oxygens (including phenoxy) is 3. The number of nitriles is 1. The zero-order chi connectivity index (χ0) is 25.3. The highest BCUT2D eigenvalue weighted by molar-refractivity contribution is 7.48. The molecule has 2 aromatic heterocycles. The number of phosphoric ester groups is 1. The van der Waals surface area contributed by atoms with Crippen molar-refractivity contribution in [1.82, 2.24) is 19.5 Å². The topological polar surface area (TPSA) is 183 Å². The molecule has 2 aromatic rings. The highest BCUT2D eigenvalue weighted by atomic mass is 31.2. The van der Waals surface area contributed by atoms with Crippen LogP contribution in [0, 0.1) is 11.3 Å². The van der Waals surface area contributed by atoms with E-state index in [-0.39, 0.29) is 45.1 Å². The predicted octanol–water partition coefficient (Wildman–Crippen LogP) is 2.66. The number of rotatable bonds is 13. The number of hydrogen-bond acceptors (Lipinski definition) is 13. The van der Waals surface area contributed by atoms with Gasteiger partial charge in [0.1, 0.15) is 43.5 Å². The quantitative estimate of drug-likeness (QED) is 0.180. The Balaban J connectivity index is 1.81. The fourth-order valence-corrected chi connectivity index (χ4v) is 4.50. The summed E-state index contributed by atoms with van der Waals surface area (Å²) in [4.78, 5) is 24.1. The van der Waals surface area contributed by atoms with Crippen molar-refractivity contribution in [3.8, 4) is 6.07 Å². The van der Waals surface area contributed by atoms with Gasteiger partial charge < -0.3 is 19.9 Å². The van der Waals surface area contributed by atoms with E-state index in [1.807, 2.05) is 6.07 Å². The normalized spacial score (nSPS) is 21.2. The number of imidazole rings is 1. The van der Waals surface area contributed by atoms with Crippen LogP contribution in [0.3, 0.4) is 0 Å². The summed E-state index contributed by atoms with van der Waals surface area (Å²) in [5.74, 6) is 0.192. The van der Waals surface area contributed by atoms with Crippen LogP contribution in [0.5, 0.6) is 0 Å². The third-order valence-corrected chi connectivity index (χ3v) is 6.13. The first kappa shape index (κ1) is 26.3. The summed E-state index contributed by atoms with van der Waals surface area (Å²) in [7, 11) is -4.13. The molecule has 4 atom stereocenters. The molecule has 0 spiro atoms. The van der Waals surface area contributed by atoms with Gasteiger partial charge in [-0.25, -0.2) is 24.3 Å². The van der Waals surface area contributed by atoms with E-state index < -0.39 is 32.4 Å². The zero-order valence-corrected chi connectivity index (χ0v) is 19.6. The van der Waals surface area contributed by atoms with Gasteiger partial charge in [0.25, 0.3) is 0 Å². The van der Waals surface area contributed by atoms with Gasteiger partial charge in [-0.1, -0.05) is 18.7 Å². The zero-order valence-electron chi connectivity index (χ0n) is 18.7. The fraction of sp³-hybridized carbons (Fsp3) is 0.450. The minimum absolute atomic E-state index is 0.0293. The molecule has 15 heteroatoms. The molecule has 1 aliphatic heterocycles. The maximum absolute atomic E-state index is 13.2. The summed E-state index contributed by atoms with van der Waals surface area (Å²) in [5.41, 5.74) is 6.64. The van der Waals surface area contributed by atoms with Crippen molar-refractivity contribution in [2.24, 2.45) is 0 Å². The molecule has 14 nitrogen and oxygen atoms in total. The Morgan fingerprint density at radius 3 is 2.83 bits per heavy atom. The largest absolute Gasteiger partial charge is 0.508 e. The minimum Gasteiger partial charge on any atom is -0.431 e. The van der Waals surface area contributed by atoms with Gasteiger partial charge in [-0.3, -0.25) is 18.1 Å². The number of aromatic nitrogens is 4. The maximum atomic E-state index is 13.2. The summed E-state index contributed by atoms with van der Waals surface area (Å²) >= 11 is 0. The average Bonchev–Trinajstić information content (AvgIpc) is 3.45. The second kappa shape index (κ2) is 12.4. The Kier molecular flexibility index (Phi) is 9.30. The van der Waals surface area contributed by atoms with E-state index in [1.54, 1.807) is 4.57 Å². The van der Waals surface area contributed by atoms with Crippen molar-refractivity contribution in [2.45, 2.75) is 31.3 Å². The van der Waals surface area contributed by atoms with Crippen LogP contribution in [0.15, 0.2) is 38.0 Å². The Morgan fingerprint density at radius 2 is 2.09 bits per heavy atom. The van der Waals surface area contributed by atoms with E-state index >= 15 is 0 Å². The number of anilines is 1. The molecule has 35 heavy (non-hydrogen) atoms. The standard InChI is InChI=1S/C20H25N6O8P/c1-3-7-29-20(27)30-11-15-14(34-35(28,31-8-4-2)32-9-5-6-21)10-16(33-15)26-13-25-17-18(22)23-12-24-19(17)26/h3-4,12-16H,1-2,5,7-11H2,(H2,22,23,24)/t14-,15+,16+,35?/m0/s1. The van der Waals surface area contributed by atoms with Crippen LogP contribution in [0.25, 0.3) is 11.2 Å². The molecule has 0 aromatic carbocycles. The molecule has 3 rings (SSSR count). The van der Waals surface area contributed by atoms with Crippen LogP contribution < -0.4 is 5.73 Å². The Labute approximate surface area is 200 Å². The van der Waals surface area contributed by atoms with Crippen molar-refractivity contribution in [3.63, 3.8) is 0 Å². The Bertz CT molecular complexity index is 1130. The molecule has 188 valence electrons. The van der Waals surface area contributed by atoms with Gasteiger partial charge in [0.05, 0.1) is 32.0 Å². The fourth-order valence-electron chi connectivity index (χ4n) is 3.14. The second-order valence-corrected chi connectivity index (χ2v) is 8.65. The van der Waals surface area contributed by atoms with Crippen LogP contribution in [-0.2, 0) is 32.3 Å². The van der Waals surface area contributed by atoms with Gasteiger partial charge in [0, 0.05) is 6.42 Å². The third-order valence-electron chi connectivity index (χ3n) is 4.64. The molecule has 3 heterocycles. The summed E-state index contributed by atoms with van der Waals surface area (Å²) in [6, 6.07) is 1.88. The number of hydrogen-bond donors (Lipinski definition) is 1. The van der Waals surface area contributed by atoms with Crippen LogP contribution in [0.2, 0.25) is 0 Å². The Morgan fingerprint density at radius 1 is 1.29 bits per heavy atom. The molecular formula is C20H25N6O8P. The molecule has 1 unspecified atom stereocenters. The highest BCUT2D eigenvalue weighted by Crippen LogP contribution is 2.53. The van der Waals surface area contributed by atoms with Crippen LogP contribution in [0.1, 0.15) is 19.1 Å². The van der Waals surface area contributed by atoms with Crippen LogP contribution in [-0.4, -0.2) is 64.3 Å². The highest BCUT2D eigenvalue weighted by Gasteiger charge is 2.44. The monoisotopic (exact) mass is 508 g/mol. The summed E-state index contributed by atoms with van der Waals surface area (Å²) in [6.07, 6.45) is 2.16. The lowest BCUT2D eigenvalue weighted by molar-refractivity contribution is -0.0566. The summed E-state index contributed by atoms with van der Waals surface area (Å²) < 4.78 is 47.0. The van der Waals surface area contributed by atoms with E-state index in [4.69, 9.17) is 38.8 Å². The molecule has 0 bridgehead atoms. The predicted molar refractivity (Wildman–Crippen MR) is 121 cm³/mol. The molecule has 2 N–H and O–H groups in total. The van der Waals surface area contributed by atoms with Crippen molar-refractivity contribution >= 4 is 31.0 Å². The van der Waals surface area contributed by atoms with Gasteiger partial charge in [-0.15, -0.1) is 6.58 Å². The van der Waals surface area contributed by atoms with E-state index in [0.717, 1.165) is 0 Å². The minimum atomic E-state index is -4.13. The van der Waals surface area contributed by atoms with Crippen molar-refractivity contribution in [1.29, 1.82) is 5.26 Å². The molecule has 0 amide bonds. The molecule has 1 aliphatic rings. The van der Waals surface area contributed by atoms with Gasteiger partial charge >= 0.3 is 14.0 Å². The first-order chi connectivity index (χ1) is 16.9. The van der Waals surface area contributed by atoms with Gasteiger partial charge in [-0.05, 0) is 0 Å². The van der Waals surface area contributed by atoms with Crippen molar-refractivity contribution in [2.75, 3.05) is 32.2 Å². The first-order valence-electron chi connectivity index (χ1n) is 10.4. The van der Waals surface area contributed by atoms with E-state index in [1.165, 1.54) is 24.8 Å². The molecule has 0 saturated carbocycles. The number of nitrogens with two attached hydrogens (primary N) is 1. The lowest BCUT2D eigenvalue weighted by Gasteiger charge is -2.23. The number of nitrogens with zero attached hydrogens (tertiary/aromatic N) is 5. The molecular weight excluding hydrogens is 483 g/mol. The Hall–Kier alpha value is -3.34. The number of phosphoric acid groups is 1.